The van der Waals surface area contributed by atoms with Crippen LogP contribution in [0, 0.1) is 0 Å². The van der Waals surface area contributed by atoms with Crippen molar-refractivity contribution >= 4 is 44.9 Å². The molecule has 4 rings (SSSR count). The third-order valence-corrected chi connectivity index (χ3v) is 6.87. The Kier molecular flexibility index (Phi) is 7.39. The SMILES string of the molecule is COc1ccc(Cn2c(SCC(=O)Nc3cc(OC)cc(OC)c3)nc3ccsc3c2=O)cc1. The second-order valence-corrected chi connectivity index (χ2v) is 9.07. The maximum atomic E-state index is 13.2. The highest BCUT2D eigenvalue weighted by Gasteiger charge is 2.15. The van der Waals surface area contributed by atoms with E-state index < -0.39 is 0 Å². The van der Waals surface area contributed by atoms with Crippen LogP contribution in [0.15, 0.2) is 63.9 Å². The second-order valence-electron chi connectivity index (χ2n) is 7.21. The maximum Gasteiger partial charge on any atom is 0.272 e. The molecule has 176 valence electrons. The van der Waals surface area contributed by atoms with E-state index in [4.69, 9.17) is 14.2 Å². The summed E-state index contributed by atoms with van der Waals surface area (Å²) in [4.78, 5) is 30.5. The van der Waals surface area contributed by atoms with Crippen molar-refractivity contribution in [3.63, 3.8) is 0 Å². The number of thiophene rings is 1. The number of fused-ring (bicyclic) bond motifs is 1. The summed E-state index contributed by atoms with van der Waals surface area (Å²) < 4.78 is 17.9. The van der Waals surface area contributed by atoms with Gasteiger partial charge in [0.2, 0.25) is 5.91 Å². The number of anilines is 1. The number of carbonyl (C=O) groups is 1. The fourth-order valence-corrected chi connectivity index (χ4v) is 4.87. The molecular formula is C24H23N3O5S2. The standard InChI is InChI=1S/C24H23N3O5S2/c1-30-17-6-4-15(5-7-17)13-27-23(29)22-20(8-9-33-22)26-24(27)34-14-21(28)25-16-10-18(31-2)12-19(11-16)32-3/h4-12H,13-14H2,1-3H3,(H,25,28). The quantitative estimate of drug-likeness (QED) is 0.273. The minimum Gasteiger partial charge on any atom is -0.497 e. The van der Waals surface area contributed by atoms with Gasteiger partial charge < -0.3 is 19.5 Å². The fraction of sp³-hybridized carbons (Fsp3) is 0.208. The molecular weight excluding hydrogens is 474 g/mol. The smallest absolute Gasteiger partial charge is 0.272 e. The van der Waals surface area contributed by atoms with Gasteiger partial charge in [0, 0.05) is 23.9 Å². The molecule has 0 radical (unpaired) electrons. The number of carbonyl (C=O) groups excluding carboxylic acids is 1. The van der Waals surface area contributed by atoms with E-state index in [1.807, 2.05) is 35.7 Å². The minimum atomic E-state index is -0.240. The first-order chi connectivity index (χ1) is 16.5. The summed E-state index contributed by atoms with van der Waals surface area (Å²) in [5, 5.41) is 5.16. The van der Waals surface area contributed by atoms with Gasteiger partial charge in [-0.2, -0.15) is 0 Å². The predicted octanol–water partition coefficient (Wildman–Crippen LogP) is 4.26. The van der Waals surface area contributed by atoms with Gasteiger partial charge in [0.15, 0.2) is 5.16 Å². The fourth-order valence-electron chi connectivity index (χ4n) is 3.29. The number of rotatable bonds is 9. The van der Waals surface area contributed by atoms with Crippen LogP contribution in [0.1, 0.15) is 5.56 Å². The zero-order valence-electron chi connectivity index (χ0n) is 18.9. The van der Waals surface area contributed by atoms with Crippen LogP contribution in [0.4, 0.5) is 5.69 Å². The molecule has 0 saturated heterocycles. The van der Waals surface area contributed by atoms with Gasteiger partial charge in [0.1, 0.15) is 21.9 Å². The Morgan fingerprint density at radius 1 is 1.00 bits per heavy atom. The van der Waals surface area contributed by atoms with Crippen LogP contribution >= 0.6 is 23.1 Å². The number of nitrogens with zero attached hydrogens (tertiary/aromatic N) is 2. The Labute approximate surface area is 204 Å². The van der Waals surface area contributed by atoms with Gasteiger partial charge >= 0.3 is 0 Å². The van der Waals surface area contributed by atoms with Crippen molar-refractivity contribution in [3.8, 4) is 17.2 Å². The Balaban J connectivity index is 1.55. The summed E-state index contributed by atoms with van der Waals surface area (Å²) in [7, 11) is 4.70. The van der Waals surface area contributed by atoms with Gasteiger partial charge in [-0.25, -0.2) is 4.98 Å². The van der Waals surface area contributed by atoms with E-state index >= 15 is 0 Å². The summed E-state index contributed by atoms with van der Waals surface area (Å²) in [5.74, 6) is 1.71. The molecule has 0 atom stereocenters. The largest absolute Gasteiger partial charge is 0.497 e. The molecule has 1 amide bonds. The summed E-state index contributed by atoms with van der Waals surface area (Å²) >= 11 is 2.57. The van der Waals surface area contributed by atoms with E-state index in [-0.39, 0.29) is 17.2 Å². The van der Waals surface area contributed by atoms with Crippen molar-refractivity contribution in [2.45, 2.75) is 11.7 Å². The molecule has 34 heavy (non-hydrogen) atoms. The van der Waals surface area contributed by atoms with E-state index in [0.717, 1.165) is 11.3 Å². The van der Waals surface area contributed by atoms with Crippen molar-refractivity contribution in [2.24, 2.45) is 0 Å². The molecule has 0 bridgehead atoms. The molecule has 10 heteroatoms. The molecule has 0 aliphatic heterocycles. The van der Waals surface area contributed by atoms with Crippen LogP contribution < -0.4 is 25.1 Å². The van der Waals surface area contributed by atoms with Gasteiger partial charge in [0.05, 0.1) is 39.1 Å². The van der Waals surface area contributed by atoms with Crippen LogP contribution in [0.25, 0.3) is 10.2 Å². The molecule has 0 saturated carbocycles. The number of aromatic nitrogens is 2. The van der Waals surface area contributed by atoms with Gasteiger partial charge in [-0.1, -0.05) is 23.9 Å². The molecule has 2 aromatic heterocycles. The number of hydrogen-bond donors (Lipinski definition) is 1. The molecule has 8 nitrogen and oxygen atoms in total. The lowest BCUT2D eigenvalue weighted by Crippen LogP contribution is -2.24. The van der Waals surface area contributed by atoms with E-state index in [1.54, 1.807) is 44.1 Å². The third kappa shape index (κ3) is 5.35. The Morgan fingerprint density at radius 2 is 1.68 bits per heavy atom. The number of hydrogen-bond acceptors (Lipinski definition) is 8. The molecule has 0 aliphatic rings. The highest BCUT2D eigenvalue weighted by Crippen LogP contribution is 2.27. The Bertz CT molecular complexity index is 1340. The average molecular weight is 498 g/mol. The van der Waals surface area contributed by atoms with Crippen molar-refractivity contribution < 1.29 is 19.0 Å². The third-order valence-electron chi connectivity index (χ3n) is 5.00. The molecule has 0 fully saturated rings. The molecule has 0 spiro atoms. The van der Waals surface area contributed by atoms with E-state index in [1.165, 1.54) is 23.1 Å². The number of amides is 1. The van der Waals surface area contributed by atoms with Crippen molar-refractivity contribution in [3.05, 3.63) is 69.8 Å². The first-order valence-electron chi connectivity index (χ1n) is 10.3. The van der Waals surface area contributed by atoms with E-state index in [2.05, 4.69) is 10.3 Å². The van der Waals surface area contributed by atoms with Crippen LogP contribution in [0.3, 0.4) is 0 Å². The van der Waals surface area contributed by atoms with Crippen molar-refractivity contribution in [2.75, 3.05) is 32.4 Å². The molecule has 2 aromatic carbocycles. The summed E-state index contributed by atoms with van der Waals surface area (Å²) in [6.07, 6.45) is 0. The maximum absolute atomic E-state index is 13.2. The van der Waals surface area contributed by atoms with E-state index in [9.17, 15) is 9.59 Å². The van der Waals surface area contributed by atoms with E-state index in [0.29, 0.717) is 39.1 Å². The number of methoxy groups -OCH3 is 3. The van der Waals surface area contributed by atoms with Crippen molar-refractivity contribution in [1.82, 2.24) is 9.55 Å². The Morgan fingerprint density at radius 3 is 2.32 bits per heavy atom. The second kappa shape index (κ2) is 10.6. The number of benzene rings is 2. The van der Waals surface area contributed by atoms with Gasteiger partial charge in [-0.15, -0.1) is 11.3 Å². The lowest BCUT2D eigenvalue weighted by molar-refractivity contribution is -0.113. The van der Waals surface area contributed by atoms with Crippen molar-refractivity contribution in [1.29, 1.82) is 0 Å². The van der Waals surface area contributed by atoms with Gasteiger partial charge in [0.25, 0.3) is 5.56 Å². The van der Waals surface area contributed by atoms with Crippen LogP contribution in [0.2, 0.25) is 0 Å². The monoisotopic (exact) mass is 497 g/mol. The number of nitrogens with one attached hydrogen (secondary N) is 1. The van der Waals surface area contributed by atoms with Gasteiger partial charge in [-0.05, 0) is 29.1 Å². The number of thioether (sulfide) groups is 1. The zero-order valence-corrected chi connectivity index (χ0v) is 20.5. The molecule has 0 aliphatic carbocycles. The summed E-state index contributed by atoms with van der Waals surface area (Å²) in [6, 6.07) is 14.5. The lowest BCUT2D eigenvalue weighted by atomic mass is 10.2. The van der Waals surface area contributed by atoms with Crippen LogP contribution in [0.5, 0.6) is 17.2 Å². The Hall–Kier alpha value is -3.50. The molecule has 2 heterocycles. The van der Waals surface area contributed by atoms with Gasteiger partial charge in [-0.3, -0.25) is 14.2 Å². The summed E-state index contributed by atoms with van der Waals surface area (Å²) in [6.45, 7) is 0.334. The topological polar surface area (TPSA) is 91.7 Å². The highest BCUT2D eigenvalue weighted by molar-refractivity contribution is 7.99. The minimum absolute atomic E-state index is 0.0736. The summed E-state index contributed by atoms with van der Waals surface area (Å²) in [5.41, 5.74) is 1.98. The predicted molar refractivity (Wildman–Crippen MR) is 135 cm³/mol. The average Bonchev–Trinajstić information content (AvgIpc) is 3.33. The first kappa shape index (κ1) is 23.7. The normalized spacial score (nSPS) is 10.8. The molecule has 0 unspecified atom stereocenters. The number of ether oxygens (including phenoxy) is 3. The zero-order chi connectivity index (χ0) is 24.1. The highest BCUT2D eigenvalue weighted by atomic mass is 32.2. The molecule has 4 aromatic rings. The lowest BCUT2D eigenvalue weighted by Gasteiger charge is -2.13. The molecule has 1 N–H and O–H groups in total. The van der Waals surface area contributed by atoms with Crippen LogP contribution in [-0.4, -0.2) is 42.5 Å². The van der Waals surface area contributed by atoms with Crippen LogP contribution in [-0.2, 0) is 11.3 Å². The first-order valence-corrected chi connectivity index (χ1v) is 12.1.